The zero-order chi connectivity index (χ0) is 11.1. The highest BCUT2D eigenvalue weighted by atomic mass is 35.5. The standard InChI is InChI=1S/C11H13ClN4/c1-8-7-16-11(13-8)9(6-10(12)14-16)15-4-2-3-5-15/h6-7H,2-5H2,1H3. The fourth-order valence-electron chi connectivity index (χ4n) is 2.24. The van der Waals surface area contributed by atoms with Gasteiger partial charge in [-0.2, -0.15) is 5.10 Å². The van der Waals surface area contributed by atoms with Crippen LogP contribution in [0.15, 0.2) is 12.3 Å². The molecule has 2 aromatic heterocycles. The molecular formula is C11H13ClN4. The van der Waals surface area contributed by atoms with Crippen LogP contribution in [0.4, 0.5) is 5.69 Å². The number of aromatic nitrogens is 3. The first-order chi connectivity index (χ1) is 7.74. The van der Waals surface area contributed by atoms with Crippen LogP contribution in [-0.4, -0.2) is 27.7 Å². The number of nitrogens with zero attached hydrogens (tertiary/aromatic N) is 4. The molecule has 3 heterocycles. The molecule has 0 saturated carbocycles. The summed E-state index contributed by atoms with van der Waals surface area (Å²) in [5.74, 6) is 0. The number of anilines is 1. The maximum absolute atomic E-state index is 6.03. The largest absolute Gasteiger partial charge is 0.368 e. The minimum atomic E-state index is 0.520. The van der Waals surface area contributed by atoms with Crippen molar-refractivity contribution < 1.29 is 0 Å². The van der Waals surface area contributed by atoms with Gasteiger partial charge in [0.15, 0.2) is 10.8 Å². The maximum atomic E-state index is 6.03. The molecule has 0 aliphatic carbocycles. The summed E-state index contributed by atoms with van der Waals surface area (Å²) in [4.78, 5) is 6.83. The van der Waals surface area contributed by atoms with Gasteiger partial charge in [0.25, 0.3) is 0 Å². The molecule has 0 aromatic carbocycles. The number of hydrogen-bond donors (Lipinski definition) is 0. The zero-order valence-electron chi connectivity index (χ0n) is 9.15. The van der Waals surface area contributed by atoms with Gasteiger partial charge < -0.3 is 4.90 Å². The molecule has 0 bridgehead atoms. The number of rotatable bonds is 1. The molecule has 1 fully saturated rings. The van der Waals surface area contributed by atoms with Crippen molar-refractivity contribution in [3.8, 4) is 0 Å². The van der Waals surface area contributed by atoms with Crippen LogP contribution >= 0.6 is 11.6 Å². The summed E-state index contributed by atoms with van der Waals surface area (Å²) in [6.07, 6.45) is 4.39. The van der Waals surface area contributed by atoms with Gasteiger partial charge in [0.1, 0.15) is 0 Å². The zero-order valence-corrected chi connectivity index (χ0v) is 9.91. The average molecular weight is 237 g/mol. The third-order valence-corrected chi connectivity index (χ3v) is 3.13. The Hall–Kier alpha value is -1.29. The summed E-state index contributed by atoms with van der Waals surface area (Å²) in [5.41, 5.74) is 2.98. The van der Waals surface area contributed by atoms with Crippen LogP contribution in [0, 0.1) is 6.92 Å². The average Bonchev–Trinajstić information content (AvgIpc) is 2.83. The summed E-state index contributed by atoms with van der Waals surface area (Å²) < 4.78 is 1.77. The molecule has 0 atom stereocenters. The van der Waals surface area contributed by atoms with Gasteiger partial charge in [-0.1, -0.05) is 11.6 Å². The van der Waals surface area contributed by atoms with Crippen LogP contribution in [0.25, 0.3) is 5.65 Å². The van der Waals surface area contributed by atoms with Crippen molar-refractivity contribution in [2.24, 2.45) is 0 Å². The molecule has 84 valence electrons. The van der Waals surface area contributed by atoms with Crippen LogP contribution in [-0.2, 0) is 0 Å². The molecule has 16 heavy (non-hydrogen) atoms. The van der Waals surface area contributed by atoms with Crippen LogP contribution in [0.3, 0.4) is 0 Å². The molecule has 1 aliphatic rings. The van der Waals surface area contributed by atoms with E-state index < -0.39 is 0 Å². The first-order valence-corrected chi connectivity index (χ1v) is 5.89. The fraction of sp³-hybridized carbons (Fsp3) is 0.455. The van der Waals surface area contributed by atoms with E-state index in [1.165, 1.54) is 12.8 Å². The van der Waals surface area contributed by atoms with Gasteiger partial charge in [-0.3, -0.25) is 0 Å². The molecule has 5 heteroatoms. The van der Waals surface area contributed by atoms with Crippen molar-refractivity contribution in [2.45, 2.75) is 19.8 Å². The van der Waals surface area contributed by atoms with Crippen molar-refractivity contribution in [1.82, 2.24) is 14.6 Å². The highest BCUT2D eigenvalue weighted by Crippen LogP contribution is 2.26. The Balaban J connectivity index is 2.20. The summed E-state index contributed by atoms with van der Waals surface area (Å²) >= 11 is 6.03. The molecule has 1 aliphatic heterocycles. The van der Waals surface area contributed by atoms with E-state index in [4.69, 9.17) is 11.6 Å². The van der Waals surface area contributed by atoms with Crippen molar-refractivity contribution >= 4 is 22.9 Å². The first-order valence-electron chi connectivity index (χ1n) is 5.51. The topological polar surface area (TPSA) is 33.4 Å². The molecule has 0 amide bonds. The maximum Gasteiger partial charge on any atom is 0.177 e. The van der Waals surface area contributed by atoms with E-state index >= 15 is 0 Å². The van der Waals surface area contributed by atoms with Crippen LogP contribution in [0.5, 0.6) is 0 Å². The second-order valence-electron chi connectivity index (χ2n) is 4.20. The van der Waals surface area contributed by atoms with Crippen molar-refractivity contribution in [3.63, 3.8) is 0 Å². The molecule has 2 aromatic rings. The lowest BCUT2D eigenvalue weighted by Crippen LogP contribution is -2.19. The molecule has 0 unspecified atom stereocenters. The number of halogens is 1. The number of hydrogen-bond acceptors (Lipinski definition) is 3. The highest BCUT2D eigenvalue weighted by molar-refractivity contribution is 6.29. The fourth-order valence-corrected chi connectivity index (χ4v) is 2.42. The Morgan fingerprint density at radius 2 is 2.06 bits per heavy atom. The predicted octanol–water partition coefficient (Wildman–Crippen LogP) is 2.29. The quantitative estimate of drug-likeness (QED) is 0.762. The third kappa shape index (κ3) is 1.53. The van der Waals surface area contributed by atoms with Gasteiger partial charge in [-0.05, 0) is 19.8 Å². The Kier molecular flexibility index (Phi) is 2.24. The normalized spacial score (nSPS) is 16.2. The minimum Gasteiger partial charge on any atom is -0.368 e. The van der Waals surface area contributed by atoms with E-state index in [9.17, 15) is 0 Å². The summed E-state index contributed by atoms with van der Waals surface area (Å²) in [5, 5.41) is 4.74. The third-order valence-electron chi connectivity index (χ3n) is 2.94. The van der Waals surface area contributed by atoms with Gasteiger partial charge in [0, 0.05) is 19.2 Å². The molecule has 1 saturated heterocycles. The van der Waals surface area contributed by atoms with Gasteiger partial charge >= 0.3 is 0 Å². The lowest BCUT2D eigenvalue weighted by molar-refractivity contribution is 0.905. The summed E-state index contributed by atoms with van der Waals surface area (Å²) in [6, 6.07) is 1.91. The predicted molar refractivity (Wildman–Crippen MR) is 64.2 cm³/mol. The summed E-state index contributed by atoms with van der Waals surface area (Å²) in [6.45, 7) is 4.14. The minimum absolute atomic E-state index is 0.520. The van der Waals surface area contributed by atoms with Crippen LogP contribution < -0.4 is 4.90 Å². The van der Waals surface area contributed by atoms with E-state index in [1.54, 1.807) is 4.52 Å². The van der Waals surface area contributed by atoms with E-state index in [0.717, 1.165) is 30.1 Å². The SMILES string of the molecule is Cc1cn2nc(Cl)cc(N3CCCC3)c2n1. The Labute approximate surface area is 98.8 Å². The molecule has 0 N–H and O–H groups in total. The van der Waals surface area contributed by atoms with Crippen LogP contribution in [0.1, 0.15) is 18.5 Å². The summed E-state index contributed by atoms with van der Waals surface area (Å²) in [7, 11) is 0. The second kappa shape index (κ2) is 3.63. The smallest absolute Gasteiger partial charge is 0.177 e. The van der Waals surface area contributed by atoms with Crippen molar-refractivity contribution in [3.05, 3.63) is 23.1 Å². The van der Waals surface area contributed by atoms with E-state index in [0.29, 0.717) is 5.15 Å². The highest BCUT2D eigenvalue weighted by Gasteiger charge is 2.17. The lowest BCUT2D eigenvalue weighted by atomic mass is 10.4. The molecule has 4 nitrogen and oxygen atoms in total. The lowest BCUT2D eigenvalue weighted by Gasteiger charge is -2.17. The Morgan fingerprint density at radius 1 is 1.31 bits per heavy atom. The van der Waals surface area contributed by atoms with E-state index in [1.807, 2.05) is 19.2 Å². The molecule has 0 radical (unpaired) electrons. The molecule has 0 spiro atoms. The van der Waals surface area contributed by atoms with Gasteiger partial charge in [0.2, 0.25) is 0 Å². The monoisotopic (exact) mass is 236 g/mol. The second-order valence-corrected chi connectivity index (χ2v) is 4.58. The van der Waals surface area contributed by atoms with Crippen LogP contribution in [0.2, 0.25) is 5.15 Å². The number of fused-ring (bicyclic) bond motifs is 1. The van der Waals surface area contributed by atoms with Crippen molar-refractivity contribution in [2.75, 3.05) is 18.0 Å². The molecule has 3 rings (SSSR count). The van der Waals surface area contributed by atoms with Gasteiger partial charge in [0.05, 0.1) is 17.6 Å². The Morgan fingerprint density at radius 3 is 2.81 bits per heavy atom. The van der Waals surface area contributed by atoms with Gasteiger partial charge in [-0.25, -0.2) is 9.50 Å². The Bertz CT molecular complexity index is 528. The number of imidazole rings is 1. The molecular weight excluding hydrogens is 224 g/mol. The first kappa shape index (κ1) is 9.90. The van der Waals surface area contributed by atoms with Crippen molar-refractivity contribution in [1.29, 1.82) is 0 Å². The number of aryl methyl sites for hydroxylation is 1. The van der Waals surface area contributed by atoms with E-state index in [2.05, 4.69) is 15.0 Å². The van der Waals surface area contributed by atoms with E-state index in [-0.39, 0.29) is 0 Å². The van der Waals surface area contributed by atoms with Gasteiger partial charge in [-0.15, -0.1) is 0 Å².